The van der Waals surface area contributed by atoms with Crippen molar-refractivity contribution in [2.24, 2.45) is 0 Å². The number of hydrogen-bond donors (Lipinski definition) is 0. The van der Waals surface area contributed by atoms with Gasteiger partial charge in [-0.25, -0.2) is 0 Å². The van der Waals surface area contributed by atoms with Gasteiger partial charge in [-0.2, -0.15) is 10.2 Å². The number of rotatable bonds is 6. The van der Waals surface area contributed by atoms with Crippen LogP contribution in [0.25, 0.3) is 11.5 Å². The van der Waals surface area contributed by atoms with Crippen molar-refractivity contribution < 1.29 is 9.15 Å². The minimum absolute atomic E-state index is 0.351. The second-order valence-electron chi connectivity index (χ2n) is 7.44. The summed E-state index contributed by atoms with van der Waals surface area (Å²) in [5.41, 5.74) is 2.10. The van der Waals surface area contributed by atoms with E-state index in [-0.39, 0.29) is 0 Å². The minimum atomic E-state index is 0.351. The zero-order valence-corrected chi connectivity index (χ0v) is 17.7. The number of aromatic nitrogens is 1. The number of halogens is 1. The monoisotopic (exact) mass is 421 g/mol. The highest BCUT2D eigenvalue weighted by Crippen LogP contribution is 2.33. The van der Waals surface area contributed by atoms with E-state index in [1.54, 1.807) is 0 Å². The molecule has 154 valence electrons. The predicted octanol–water partition coefficient (Wildman–Crippen LogP) is 6.21. The predicted molar refractivity (Wildman–Crippen MR) is 118 cm³/mol. The van der Waals surface area contributed by atoms with Gasteiger partial charge in [-0.1, -0.05) is 36.7 Å². The van der Waals surface area contributed by atoms with Gasteiger partial charge >= 0.3 is 0 Å². The van der Waals surface area contributed by atoms with Crippen LogP contribution in [-0.2, 0) is 6.61 Å². The summed E-state index contributed by atoms with van der Waals surface area (Å²) in [6.07, 6.45) is 4.47. The minimum Gasteiger partial charge on any atom is -0.489 e. The van der Waals surface area contributed by atoms with Crippen molar-refractivity contribution >= 4 is 17.5 Å². The first-order valence-corrected chi connectivity index (χ1v) is 10.7. The van der Waals surface area contributed by atoms with Gasteiger partial charge in [-0.3, -0.25) is 0 Å². The zero-order valence-electron chi connectivity index (χ0n) is 17.0. The number of ether oxygens (including phenoxy) is 1. The quantitative estimate of drug-likeness (QED) is 0.473. The lowest BCUT2D eigenvalue weighted by Gasteiger charge is -2.34. The molecule has 0 saturated carbocycles. The normalized spacial score (nSPS) is 16.3. The molecule has 2 heterocycles. The summed E-state index contributed by atoms with van der Waals surface area (Å²) in [5.74, 6) is 1.78. The summed E-state index contributed by atoms with van der Waals surface area (Å²) in [6.45, 7) is 3.47. The van der Waals surface area contributed by atoms with E-state index in [2.05, 4.69) is 22.9 Å². The largest absolute Gasteiger partial charge is 0.489 e. The molecule has 0 amide bonds. The standard InChI is InChI=1S/C24H24ClN3O2/c1-2-19-8-5-6-14-28(19)24-22(15-26)27-23(30-24)17-10-12-20(13-11-17)29-16-18-7-3-4-9-21(18)25/h3-4,7,9-13,19H,2,5-6,8,14,16H2,1H3/t19-/m1/s1. The Labute approximate surface area is 181 Å². The lowest BCUT2D eigenvalue weighted by Crippen LogP contribution is -2.39. The van der Waals surface area contributed by atoms with E-state index in [4.69, 9.17) is 20.8 Å². The smallest absolute Gasteiger partial charge is 0.235 e. The Balaban J connectivity index is 1.51. The van der Waals surface area contributed by atoms with Crippen LogP contribution < -0.4 is 9.64 Å². The molecule has 1 aromatic heterocycles. The van der Waals surface area contributed by atoms with E-state index in [1.165, 1.54) is 6.42 Å². The van der Waals surface area contributed by atoms with Gasteiger partial charge in [0.05, 0.1) is 0 Å². The third-order valence-corrected chi connectivity index (χ3v) is 5.90. The van der Waals surface area contributed by atoms with Crippen molar-refractivity contribution in [1.29, 1.82) is 5.26 Å². The van der Waals surface area contributed by atoms with Crippen LogP contribution in [0.2, 0.25) is 5.02 Å². The van der Waals surface area contributed by atoms with Gasteiger partial charge < -0.3 is 14.1 Å². The lowest BCUT2D eigenvalue weighted by molar-refractivity contribution is 0.306. The Morgan fingerprint density at radius 1 is 1.20 bits per heavy atom. The molecule has 1 atom stereocenters. The third kappa shape index (κ3) is 4.29. The van der Waals surface area contributed by atoms with Crippen molar-refractivity contribution in [2.75, 3.05) is 11.4 Å². The fourth-order valence-corrected chi connectivity index (χ4v) is 4.06. The van der Waals surface area contributed by atoms with E-state index in [9.17, 15) is 5.26 Å². The zero-order chi connectivity index (χ0) is 20.9. The maximum atomic E-state index is 9.58. The summed E-state index contributed by atoms with van der Waals surface area (Å²) >= 11 is 6.18. The molecule has 2 aromatic carbocycles. The lowest BCUT2D eigenvalue weighted by atomic mass is 10.0. The number of anilines is 1. The number of hydrogen-bond acceptors (Lipinski definition) is 5. The molecule has 1 aliphatic heterocycles. The first-order valence-electron chi connectivity index (χ1n) is 10.3. The van der Waals surface area contributed by atoms with Gasteiger partial charge in [0.2, 0.25) is 17.5 Å². The number of oxazole rings is 1. The van der Waals surface area contributed by atoms with Gasteiger partial charge in [0.1, 0.15) is 18.4 Å². The van der Waals surface area contributed by atoms with Crippen molar-refractivity contribution in [3.8, 4) is 23.3 Å². The Bertz CT molecular complexity index is 1040. The maximum Gasteiger partial charge on any atom is 0.235 e. The Morgan fingerprint density at radius 3 is 2.73 bits per heavy atom. The van der Waals surface area contributed by atoms with E-state index in [0.29, 0.717) is 35.1 Å². The second-order valence-corrected chi connectivity index (χ2v) is 7.85. The first kappa shape index (κ1) is 20.3. The van der Waals surface area contributed by atoms with Crippen LogP contribution >= 0.6 is 11.6 Å². The highest BCUT2D eigenvalue weighted by Gasteiger charge is 2.28. The van der Waals surface area contributed by atoms with Crippen molar-refractivity contribution in [3.63, 3.8) is 0 Å². The van der Waals surface area contributed by atoms with Crippen molar-refractivity contribution in [3.05, 3.63) is 64.8 Å². The molecular weight excluding hydrogens is 398 g/mol. The summed E-state index contributed by atoms with van der Waals surface area (Å²) in [4.78, 5) is 6.66. The van der Waals surface area contributed by atoms with Gasteiger partial charge in [0, 0.05) is 28.7 Å². The topological polar surface area (TPSA) is 62.3 Å². The average molecular weight is 422 g/mol. The number of piperidine rings is 1. The molecule has 1 aliphatic rings. The molecule has 0 radical (unpaired) electrons. The number of nitrogens with zero attached hydrogens (tertiary/aromatic N) is 3. The average Bonchev–Trinajstić information content (AvgIpc) is 3.23. The molecule has 0 unspecified atom stereocenters. The van der Waals surface area contributed by atoms with E-state index in [1.807, 2.05) is 48.5 Å². The maximum absolute atomic E-state index is 9.58. The molecule has 1 saturated heterocycles. The molecule has 0 bridgehead atoms. The molecule has 5 nitrogen and oxygen atoms in total. The van der Waals surface area contributed by atoms with Crippen LogP contribution in [0.1, 0.15) is 43.9 Å². The number of benzene rings is 2. The summed E-state index contributed by atoms with van der Waals surface area (Å²) in [7, 11) is 0. The Morgan fingerprint density at radius 2 is 2.00 bits per heavy atom. The van der Waals surface area contributed by atoms with Gasteiger partial charge in [-0.15, -0.1) is 0 Å². The fraction of sp³-hybridized carbons (Fsp3) is 0.333. The van der Waals surface area contributed by atoms with E-state index < -0.39 is 0 Å². The van der Waals surface area contributed by atoms with E-state index >= 15 is 0 Å². The molecule has 4 rings (SSSR count). The summed E-state index contributed by atoms with van der Waals surface area (Å²) in [5, 5.41) is 10.3. The third-order valence-electron chi connectivity index (χ3n) is 5.53. The van der Waals surface area contributed by atoms with Crippen LogP contribution in [0.3, 0.4) is 0 Å². The molecule has 0 N–H and O–H groups in total. The van der Waals surface area contributed by atoms with E-state index in [0.717, 1.165) is 42.7 Å². The number of nitriles is 1. The fourth-order valence-electron chi connectivity index (χ4n) is 3.87. The highest BCUT2D eigenvalue weighted by atomic mass is 35.5. The summed E-state index contributed by atoms with van der Waals surface area (Å²) in [6, 6.07) is 17.8. The molecule has 0 spiro atoms. The van der Waals surface area contributed by atoms with Crippen LogP contribution in [-0.4, -0.2) is 17.6 Å². The highest BCUT2D eigenvalue weighted by molar-refractivity contribution is 6.31. The molecule has 0 aliphatic carbocycles. The van der Waals surface area contributed by atoms with Crippen LogP contribution in [0, 0.1) is 11.3 Å². The molecular formula is C24H24ClN3O2. The van der Waals surface area contributed by atoms with Crippen LogP contribution in [0.15, 0.2) is 52.9 Å². The summed E-state index contributed by atoms with van der Waals surface area (Å²) < 4.78 is 11.9. The molecule has 30 heavy (non-hydrogen) atoms. The molecule has 1 fully saturated rings. The Hall–Kier alpha value is -2.97. The van der Waals surface area contributed by atoms with Gasteiger partial charge in [-0.05, 0) is 56.0 Å². The van der Waals surface area contributed by atoms with Crippen molar-refractivity contribution in [2.45, 2.75) is 45.3 Å². The molecule has 6 heteroatoms. The molecule has 3 aromatic rings. The first-order chi connectivity index (χ1) is 14.7. The van der Waals surface area contributed by atoms with Crippen LogP contribution in [0.4, 0.5) is 5.88 Å². The van der Waals surface area contributed by atoms with Gasteiger partial charge in [0.15, 0.2) is 0 Å². The Kier molecular flexibility index (Phi) is 6.25. The van der Waals surface area contributed by atoms with Crippen molar-refractivity contribution in [1.82, 2.24) is 4.98 Å². The van der Waals surface area contributed by atoms with Crippen LogP contribution in [0.5, 0.6) is 5.75 Å². The van der Waals surface area contributed by atoms with Gasteiger partial charge in [0.25, 0.3) is 0 Å². The SMILES string of the molecule is CC[C@@H]1CCCCN1c1oc(-c2ccc(OCc3ccccc3Cl)cc2)nc1C#N. The second kappa shape index (κ2) is 9.23.